The summed E-state index contributed by atoms with van der Waals surface area (Å²) >= 11 is 0. The number of benzene rings is 4. The van der Waals surface area contributed by atoms with Crippen LogP contribution in [0.1, 0.15) is 5.56 Å². The number of furan rings is 1. The smallest absolute Gasteiger partial charge is 0.286 e. The minimum atomic E-state index is -0.299. The summed E-state index contributed by atoms with van der Waals surface area (Å²) in [6.07, 6.45) is 3.55. The predicted molar refractivity (Wildman–Crippen MR) is 134 cm³/mol. The standard InChI is InChI=1S/C30H22FN2O/c1-19-8-13-23-24-14-15-25(31)28(22-11-9-21(10-12-22)20-6-4-3-5-7-20)30(24)34-29(23)27(19)26-16-17-32-18-33(26)2/h3-18H,1-2H3/q+1. The van der Waals surface area contributed by atoms with Gasteiger partial charge < -0.3 is 4.42 Å². The monoisotopic (exact) mass is 445 g/mol. The van der Waals surface area contributed by atoms with Gasteiger partial charge in [0.2, 0.25) is 0 Å². The van der Waals surface area contributed by atoms with Crippen LogP contribution in [-0.4, -0.2) is 4.98 Å². The highest BCUT2D eigenvalue weighted by Crippen LogP contribution is 2.41. The molecule has 0 atom stereocenters. The molecule has 3 nitrogen and oxygen atoms in total. The number of halogens is 1. The van der Waals surface area contributed by atoms with Gasteiger partial charge >= 0.3 is 0 Å². The third kappa shape index (κ3) is 3.19. The largest absolute Gasteiger partial charge is 0.454 e. The lowest BCUT2D eigenvalue weighted by Gasteiger charge is -2.07. The topological polar surface area (TPSA) is 29.9 Å². The van der Waals surface area contributed by atoms with Crippen molar-refractivity contribution in [2.75, 3.05) is 0 Å². The summed E-state index contributed by atoms with van der Waals surface area (Å²) in [6.45, 7) is 2.06. The van der Waals surface area contributed by atoms with Crippen molar-refractivity contribution >= 4 is 21.9 Å². The van der Waals surface area contributed by atoms with Gasteiger partial charge in [0, 0.05) is 16.8 Å². The maximum atomic E-state index is 15.3. The van der Waals surface area contributed by atoms with E-state index in [9.17, 15) is 0 Å². The van der Waals surface area contributed by atoms with Gasteiger partial charge in [0.05, 0.1) is 18.2 Å². The van der Waals surface area contributed by atoms with Gasteiger partial charge in [-0.1, -0.05) is 71.7 Å². The number of aromatic nitrogens is 2. The molecular weight excluding hydrogens is 423 g/mol. The molecule has 6 aromatic rings. The molecule has 2 heterocycles. The fourth-order valence-electron chi connectivity index (χ4n) is 4.72. The van der Waals surface area contributed by atoms with Crippen molar-refractivity contribution in [3.8, 4) is 33.5 Å². The van der Waals surface area contributed by atoms with Crippen LogP contribution < -0.4 is 4.57 Å². The summed E-state index contributed by atoms with van der Waals surface area (Å²) in [5.74, 6) is -0.299. The summed E-state index contributed by atoms with van der Waals surface area (Å²) in [4.78, 5) is 4.20. The Hall–Kier alpha value is -4.31. The van der Waals surface area contributed by atoms with Crippen molar-refractivity contribution in [3.05, 3.63) is 109 Å². The minimum absolute atomic E-state index is 0.299. The molecule has 0 unspecified atom stereocenters. The number of aryl methyl sites for hydroxylation is 2. The normalized spacial score (nSPS) is 11.4. The molecule has 0 N–H and O–H groups in total. The van der Waals surface area contributed by atoms with Crippen LogP contribution in [0.2, 0.25) is 0 Å². The second-order valence-corrected chi connectivity index (χ2v) is 8.56. The summed E-state index contributed by atoms with van der Waals surface area (Å²) in [7, 11) is 1.96. The summed E-state index contributed by atoms with van der Waals surface area (Å²) in [5.41, 5.74) is 7.87. The van der Waals surface area contributed by atoms with Crippen molar-refractivity contribution < 1.29 is 13.4 Å². The van der Waals surface area contributed by atoms with E-state index in [-0.39, 0.29) is 5.82 Å². The fraction of sp³-hybridized carbons (Fsp3) is 0.0667. The van der Waals surface area contributed by atoms with Crippen molar-refractivity contribution in [3.63, 3.8) is 0 Å². The fourth-order valence-corrected chi connectivity index (χ4v) is 4.72. The summed E-state index contributed by atoms with van der Waals surface area (Å²) in [5, 5.41) is 1.87. The number of rotatable bonds is 3. The average molecular weight is 446 g/mol. The van der Waals surface area contributed by atoms with Crippen LogP contribution in [0.3, 0.4) is 0 Å². The van der Waals surface area contributed by atoms with E-state index in [2.05, 4.69) is 36.2 Å². The Morgan fingerprint density at radius 2 is 1.35 bits per heavy atom. The number of nitrogens with zero attached hydrogens (tertiary/aromatic N) is 2. The maximum Gasteiger partial charge on any atom is 0.286 e. The maximum absolute atomic E-state index is 15.3. The van der Waals surface area contributed by atoms with E-state index in [1.807, 2.05) is 66.2 Å². The molecule has 6 rings (SSSR count). The molecule has 164 valence electrons. The van der Waals surface area contributed by atoms with Crippen LogP contribution in [0, 0.1) is 12.7 Å². The Kier molecular flexibility index (Phi) is 4.73. The molecule has 0 radical (unpaired) electrons. The lowest BCUT2D eigenvalue weighted by Crippen LogP contribution is -2.31. The van der Waals surface area contributed by atoms with Crippen LogP contribution in [0.4, 0.5) is 4.39 Å². The number of fused-ring (bicyclic) bond motifs is 3. The Morgan fingerprint density at radius 1 is 0.706 bits per heavy atom. The van der Waals surface area contributed by atoms with E-state index in [0.717, 1.165) is 49.9 Å². The molecule has 0 aliphatic carbocycles. The summed E-state index contributed by atoms with van der Waals surface area (Å²) in [6, 6.07) is 27.6. The predicted octanol–water partition coefficient (Wildman–Crippen LogP) is 7.25. The lowest BCUT2D eigenvalue weighted by molar-refractivity contribution is -0.663. The second kappa shape index (κ2) is 7.92. The van der Waals surface area contributed by atoms with E-state index in [0.29, 0.717) is 11.1 Å². The van der Waals surface area contributed by atoms with Crippen molar-refractivity contribution in [2.24, 2.45) is 7.05 Å². The summed E-state index contributed by atoms with van der Waals surface area (Å²) < 4.78 is 23.7. The van der Waals surface area contributed by atoms with Gasteiger partial charge in [-0.05, 0) is 41.3 Å². The van der Waals surface area contributed by atoms with E-state index in [1.165, 1.54) is 6.07 Å². The molecule has 0 bridgehead atoms. The van der Waals surface area contributed by atoms with Crippen LogP contribution in [0.25, 0.3) is 55.4 Å². The van der Waals surface area contributed by atoms with Gasteiger partial charge in [0.25, 0.3) is 6.33 Å². The average Bonchev–Trinajstić information content (AvgIpc) is 3.24. The highest BCUT2D eigenvalue weighted by molar-refractivity contribution is 6.13. The first-order valence-electron chi connectivity index (χ1n) is 11.2. The molecule has 4 heteroatoms. The van der Waals surface area contributed by atoms with Crippen LogP contribution >= 0.6 is 0 Å². The van der Waals surface area contributed by atoms with Crippen molar-refractivity contribution in [1.29, 1.82) is 0 Å². The zero-order chi connectivity index (χ0) is 23.2. The Balaban J connectivity index is 1.59. The molecule has 0 fully saturated rings. The highest BCUT2D eigenvalue weighted by atomic mass is 19.1. The SMILES string of the molecule is Cc1ccc2c(oc3c(-c4ccc(-c5ccccc5)cc4)c(F)ccc32)c1-c1ccnc[n+]1C. The molecule has 4 aromatic carbocycles. The molecule has 0 saturated carbocycles. The van der Waals surface area contributed by atoms with E-state index < -0.39 is 0 Å². The molecule has 0 aliphatic heterocycles. The Bertz CT molecular complexity index is 1670. The number of hydrogen-bond donors (Lipinski definition) is 0. The van der Waals surface area contributed by atoms with Gasteiger partial charge in [-0.2, -0.15) is 0 Å². The molecule has 0 saturated heterocycles. The highest BCUT2D eigenvalue weighted by Gasteiger charge is 2.22. The Morgan fingerprint density at radius 3 is 2.09 bits per heavy atom. The Labute approximate surface area is 196 Å². The van der Waals surface area contributed by atoms with Gasteiger partial charge in [-0.15, -0.1) is 0 Å². The van der Waals surface area contributed by atoms with E-state index in [4.69, 9.17) is 4.42 Å². The van der Waals surface area contributed by atoms with Crippen LogP contribution in [0.15, 0.2) is 102 Å². The molecule has 34 heavy (non-hydrogen) atoms. The van der Waals surface area contributed by atoms with Gasteiger partial charge in [0.15, 0.2) is 0 Å². The van der Waals surface area contributed by atoms with E-state index >= 15 is 4.39 Å². The molecular formula is C30H22FN2O+. The van der Waals surface area contributed by atoms with E-state index in [1.54, 1.807) is 12.5 Å². The quantitative estimate of drug-likeness (QED) is 0.269. The third-order valence-electron chi connectivity index (χ3n) is 6.44. The first kappa shape index (κ1) is 20.3. The van der Waals surface area contributed by atoms with Gasteiger partial charge in [0.1, 0.15) is 28.9 Å². The van der Waals surface area contributed by atoms with Crippen molar-refractivity contribution in [1.82, 2.24) is 4.98 Å². The van der Waals surface area contributed by atoms with Gasteiger partial charge in [-0.3, -0.25) is 0 Å². The lowest BCUT2D eigenvalue weighted by atomic mass is 9.97. The molecule has 0 spiro atoms. The molecule has 2 aromatic heterocycles. The third-order valence-corrected chi connectivity index (χ3v) is 6.44. The first-order chi connectivity index (χ1) is 16.6. The molecule has 0 aliphatic rings. The zero-order valence-electron chi connectivity index (χ0n) is 18.9. The van der Waals surface area contributed by atoms with Crippen LogP contribution in [-0.2, 0) is 7.05 Å². The van der Waals surface area contributed by atoms with Gasteiger partial charge in [-0.25, -0.2) is 8.96 Å². The van der Waals surface area contributed by atoms with Crippen molar-refractivity contribution in [2.45, 2.75) is 6.92 Å². The second-order valence-electron chi connectivity index (χ2n) is 8.56. The van der Waals surface area contributed by atoms with Crippen LogP contribution in [0.5, 0.6) is 0 Å². The zero-order valence-corrected chi connectivity index (χ0v) is 18.9. The minimum Gasteiger partial charge on any atom is -0.454 e. The number of hydrogen-bond acceptors (Lipinski definition) is 2. The molecule has 0 amide bonds. The first-order valence-corrected chi connectivity index (χ1v) is 11.2.